The number of carbonyl (C=O) groups is 2. The van der Waals surface area contributed by atoms with Crippen molar-refractivity contribution in [3.8, 4) is 0 Å². The number of thioether (sulfide) groups is 1. The Hall–Kier alpha value is -2.00. The van der Waals surface area contributed by atoms with E-state index in [9.17, 15) is 22.8 Å². The van der Waals surface area contributed by atoms with Crippen molar-refractivity contribution in [3.63, 3.8) is 0 Å². The minimum atomic E-state index is -4.20. The summed E-state index contributed by atoms with van der Waals surface area (Å²) in [5.41, 5.74) is 3.30. The molecule has 1 unspecified atom stereocenters. The summed E-state index contributed by atoms with van der Waals surface area (Å²) in [7, 11) is 0. The van der Waals surface area contributed by atoms with E-state index in [-0.39, 0.29) is 24.6 Å². The van der Waals surface area contributed by atoms with Gasteiger partial charge in [-0.15, -0.1) is 11.8 Å². The van der Waals surface area contributed by atoms with Crippen molar-refractivity contribution in [2.75, 3.05) is 6.54 Å². The molecular weight excluding hydrogens is 507 g/mol. The lowest BCUT2D eigenvalue weighted by molar-refractivity contribution is -0.137. The van der Waals surface area contributed by atoms with Crippen LogP contribution in [0.1, 0.15) is 58.0 Å². The third kappa shape index (κ3) is 8.50. The van der Waals surface area contributed by atoms with Gasteiger partial charge < -0.3 is 10.4 Å². The van der Waals surface area contributed by atoms with Gasteiger partial charge in [-0.2, -0.15) is 13.2 Å². The fraction of sp³-hybridized carbons (Fsp3) is 0.391. The van der Waals surface area contributed by atoms with E-state index >= 15 is 0 Å². The maximum atomic E-state index is 12.7. The van der Waals surface area contributed by atoms with Gasteiger partial charge in [0.15, 0.2) is 0 Å². The molecule has 0 aliphatic carbocycles. The van der Waals surface area contributed by atoms with Crippen LogP contribution in [0.2, 0.25) is 0 Å². The maximum absolute atomic E-state index is 12.7. The van der Waals surface area contributed by atoms with Crippen LogP contribution in [-0.4, -0.2) is 29.7 Å². The Morgan fingerprint density at radius 2 is 1.72 bits per heavy atom. The van der Waals surface area contributed by atoms with Crippen molar-refractivity contribution in [2.45, 2.75) is 55.9 Å². The summed E-state index contributed by atoms with van der Waals surface area (Å²) in [6.07, 6.45) is -4.87. The molecule has 0 spiro atoms. The highest BCUT2D eigenvalue weighted by molar-refractivity contribution is 9.10. The number of amides is 1. The molecule has 0 fully saturated rings. The minimum Gasteiger partial charge on any atom is -0.481 e. The summed E-state index contributed by atoms with van der Waals surface area (Å²) in [5.74, 6) is -1.39. The topological polar surface area (TPSA) is 66.4 Å². The quantitative estimate of drug-likeness (QED) is 0.329. The standard InChI is InChI=1S/C23H25BrF3NO3S/c1-14-12-18(13-15(2)21(14)24)32-19(4-3-10-23(25,26)27)16-5-7-17(8-6-16)22(31)28-11-9-20(29)30/h5-8,12-13,19H,3-4,9-11H2,1-2H3,(H,28,31)(H,29,30). The SMILES string of the molecule is Cc1cc(SC(CCCC(F)(F)F)c2ccc(C(=O)NCCC(=O)O)cc2)cc(C)c1Br. The maximum Gasteiger partial charge on any atom is 0.389 e. The molecule has 2 N–H and O–H groups in total. The largest absolute Gasteiger partial charge is 0.481 e. The summed E-state index contributed by atoms with van der Waals surface area (Å²) in [6.45, 7) is 3.96. The van der Waals surface area contributed by atoms with E-state index in [0.29, 0.717) is 12.0 Å². The predicted octanol–water partition coefficient (Wildman–Crippen LogP) is 6.84. The molecule has 2 aromatic rings. The van der Waals surface area contributed by atoms with Crippen molar-refractivity contribution in [3.05, 3.63) is 63.1 Å². The highest BCUT2D eigenvalue weighted by Crippen LogP contribution is 2.41. The number of aryl methyl sites for hydroxylation is 2. The lowest BCUT2D eigenvalue weighted by Crippen LogP contribution is -2.25. The fourth-order valence-corrected chi connectivity index (χ4v) is 4.78. The van der Waals surface area contributed by atoms with Gasteiger partial charge in [0.2, 0.25) is 0 Å². The Bertz CT molecular complexity index is 925. The highest BCUT2D eigenvalue weighted by atomic mass is 79.9. The first-order valence-corrected chi connectivity index (χ1v) is 11.7. The first-order valence-electron chi connectivity index (χ1n) is 10.1. The monoisotopic (exact) mass is 531 g/mol. The number of halogens is 4. The molecule has 0 heterocycles. The summed E-state index contributed by atoms with van der Waals surface area (Å²) < 4.78 is 39.1. The van der Waals surface area contributed by atoms with E-state index in [1.807, 2.05) is 26.0 Å². The van der Waals surface area contributed by atoms with E-state index in [1.165, 1.54) is 11.8 Å². The smallest absolute Gasteiger partial charge is 0.389 e. The number of benzene rings is 2. The lowest BCUT2D eigenvalue weighted by atomic mass is 10.0. The molecule has 32 heavy (non-hydrogen) atoms. The van der Waals surface area contributed by atoms with Gasteiger partial charge in [-0.3, -0.25) is 9.59 Å². The number of carboxylic acid groups (broad SMARTS) is 1. The molecule has 0 aliphatic heterocycles. The van der Waals surface area contributed by atoms with Gasteiger partial charge in [0.05, 0.1) is 6.42 Å². The van der Waals surface area contributed by atoms with Crippen molar-refractivity contribution in [2.24, 2.45) is 0 Å². The molecule has 2 aromatic carbocycles. The highest BCUT2D eigenvalue weighted by Gasteiger charge is 2.27. The molecule has 2 rings (SSSR count). The van der Waals surface area contributed by atoms with E-state index in [4.69, 9.17) is 5.11 Å². The third-order valence-corrected chi connectivity index (χ3v) is 7.34. The molecule has 1 amide bonds. The van der Waals surface area contributed by atoms with Gasteiger partial charge >= 0.3 is 12.1 Å². The zero-order valence-corrected chi connectivity index (χ0v) is 20.2. The first-order chi connectivity index (χ1) is 15.0. The number of hydrogen-bond donors (Lipinski definition) is 2. The first kappa shape index (κ1) is 26.3. The predicted molar refractivity (Wildman–Crippen MR) is 123 cm³/mol. The third-order valence-electron chi connectivity index (χ3n) is 4.78. The van der Waals surface area contributed by atoms with E-state index < -0.39 is 24.5 Å². The summed E-state index contributed by atoms with van der Waals surface area (Å²) in [4.78, 5) is 23.7. The van der Waals surface area contributed by atoms with Gasteiger partial charge in [0.1, 0.15) is 0 Å². The van der Waals surface area contributed by atoms with Crippen LogP contribution in [0.5, 0.6) is 0 Å². The van der Waals surface area contributed by atoms with Crippen molar-refractivity contribution in [1.82, 2.24) is 5.32 Å². The Kier molecular flexibility index (Phi) is 9.64. The second-order valence-corrected chi connectivity index (χ2v) is 9.58. The number of alkyl halides is 3. The van der Waals surface area contributed by atoms with E-state index in [0.717, 1.165) is 26.1 Å². The molecule has 0 aromatic heterocycles. The molecule has 0 aliphatic rings. The Labute approximate surface area is 198 Å². The van der Waals surface area contributed by atoms with Crippen LogP contribution in [0, 0.1) is 13.8 Å². The zero-order valence-electron chi connectivity index (χ0n) is 17.8. The summed E-state index contributed by atoms with van der Waals surface area (Å²) >= 11 is 5.04. The molecule has 0 saturated heterocycles. The second-order valence-electron chi connectivity index (χ2n) is 7.51. The number of hydrogen-bond acceptors (Lipinski definition) is 3. The van der Waals surface area contributed by atoms with Crippen molar-refractivity contribution < 1.29 is 27.9 Å². The van der Waals surface area contributed by atoms with E-state index in [1.54, 1.807) is 24.3 Å². The minimum absolute atomic E-state index is 0.00703. The number of carboxylic acids is 1. The van der Waals surface area contributed by atoms with Crippen LogP contribution < -0.4 is 5.32 Å². The molecule has 9 heteroatoms. The van der Waals surface area contributed by atoms with E-state index in [2.05, 4.69) is 21.2 Å². The molecule has 0 saturated carbocycles. The van der Waals surface area contributed by atoms with Crippen molar-refractivity contribution in [1.29, 1.82) is 0 Å². The molecular formula is C23H25BrF3NO3S. The summed E-state index contributed by atoms with van der Waals surface area (Å²) in [5, 5.41) is 11.0. The molecule has 174 valence electrons. The molecule has 0 radical (unpaired) electrons. The molecule has 1 atom stereocenters. The van der Waals surface area contributed by atoms with Gasteiger partial charge in [-0.25, -0.2) is 0 Å². The molecule has 0 bridgehead atoms. The van der Waals surface area contributed by atoms with Crippen LogP contribution in [-0.2, 0) is 4.79 Å². The van der Waals surface area contributed by atoms with Crippen LogP contribution in [0.3, 0.4) is 0 Å². The van der Waals surface area contributed by atoms with Gasteiger partial charge in [-0.05, 0) is 67.6 Å². The fourth-order valence-electron chi connectivity index (χ4n) is 3.15. The van der Waals surface area contributed by atoms with Gasteiger partial charge in [-0.1, -0.05) is 28.1 Å². The number of nitrogens with one attached hydrogen (secondary N) is 1. The van der Waals surface area contributed by atoms with Gasteiger partial charge in [0.25, 0.3) is 5.91 Å². The van der Waals surface area contributed by atoms with Crippen LogP contribution in [0.4, 0.5) is 13.2 Å². The number of carbonyl (C=O) groups excluding carboxylic acids is 1. The number of rotatable bonds is 10. The van der Waals surface area contributed by atoms with Gasteiger partial charge in [0, 0.05) is 33.1 Å². The average molecular weight is 532 g/mol. The summed E-state index contributed by atoms with van der Waals surface area (Å²) in [6, 6.07) is 10.7. The van der Waals surface area contributed by atoms with Crippen LogP contribution >= 0.6 is 27.7 Å². The Morgan fingerprint density at radius 1 is 1.12 bits per heavy atom. The Morgan fingerprint density at radius 3 is 2.25 bits per heavy atom. The molecule has 4 nitrogen and oxygen atoms in total. The van der Waals surface area contributed by atoms with Crippen molar-refractivity contribution >= 4 is 39.6 Å². The van der Waals surface area contributed by atoms with Crippen LogP contribution in [0.15, 0.2) is 45.8 Å². The normalized spacial score (nSPS) is 12.4. The van der Waals surface area contributed by atoms with Crippen LogP contribution in [0.25, 0.3) is 0 Å². The average Bonchev–Trinajstić information content (AvgIpc) is 2.70. The number of aliphatic carboxylic acids is 1. The second kappa shape index (κ2) is 11.7. The Balaban J connectivity index is 2.17. The lowest BCUT2D eigenvalue weighted by Gasteiger charge is -2.19. The zero-order chi connectivity index (χ0) is 23.9.